The highest BCUT2D eigenvalue weighted by molar-refractivity contribution is 7.89. The number of ether oxygens (including phenoxy) is 1. The van der Waals surface area contributed by atoms with Gasteiger partial charge in [0.25, 0.3) is 0 Å². The first-order chi connectivity index (χ1) is 17.4. The topological polar surface area (TPSA) is 129 Å². The molecule has 0 bridgehead atoms. The van der Waals surface area contributed by atoms with Gasteiger partial charge in [-0.1, -0.05) is 41.9 Å². The van der Waals surface area contributed by atoms with Crippen molar-refractivity contribution in [3.8, 4) is 16.9 Å². The summed E-state index contributed by atoms with van der Waals surface area (Å²) in [6.45, 7) is 3.10. The molecule has 4 aromatic rings. The van der Waals surface area contributed by atoms with E-state index in [0.717, 1.165) is 16.5 Å². The zero-order chi connectivity index (χ0) is 27.0. The van der Waals surface area contributed by atoms with E-state index in [1.807, 2.05) is 30.5 Å². The fourth-order valence-corrected chi connectivity index (χ4v) is 5.97. The minimum Gasteiger partial charge on any atom is -0.495 e. The standard InChI is InChI=1S/C27H27ClN2O6S/c1-27(2,33)25(14-18-15-29-22-7-5-4-6-19(18)22)30-37(34,35)24-13-17(9-11-23(24)36-3)16-8-10-20(26(31)32)21(28)12-16/h4-13,15,25,29-30,33H,14H2,1-3H3,(H,31,32)/t25-/m1/s1. The van der Waals surface area contributed by atoms with Gasteiger partial charge in [-0.2, -0.15) is 0 Å². The van der Waals surface area contributed by atoms with E-state index >= 15 is 0 Å². The second-order valence-corrected chi connectivity index (χ2v) is 11.3. The third kappa shape index (κ3) is 5.65. The number of rotatable bonds is 9. The van der Waals surface area contributed by atoms with Crippen molar-refractivity contribution in [2.45, 2.75) is 36.8 Å². The summed E-state index contributed by atoms with van der Waals surface area (Å²) in [7, 11) is -2.81. The summed E-state index contributed by atoms with van der Waals surface area (Å²) in [4.78, 5) is 14.3. The van der Waals surface area contributed by atoms with Gasteiger partial charge < -0.3 is 19.9 Å². The van der Waals surface area contributed by atoms with Crippen LogP contribution < -0.4 is 9.46 Å². The Bertz CT molecular complexity index is 1570. The second kappa shape index (κ2) is 10.2. The number of hydrogen-bond donors (Lipinski definition) is 4. The normalized spacial score (nSPS) is 13.0. The number of sulfonamides is 1. The zero-order valence-corrected chi connectivity index (χ0v) is 22.0. The van der Waals surface area contributed by atoms with Crippen molar-refractivity contribution >= 4 is 38.5 Å². The number of benzene rings is 3. The molecule has 0 radical (unpaired) electrons. The third-order valence-electron chi connectivity index (χ3n) is 6.24. The van der Waals surface area contributed by atoms with E-state index in [1.165, 1.54) is 31.4 Å². The molecule has 0 aliphatic heterocycles. The van der Waals surface area contributed by atoms with E-state index in [2.05, 4.69) is 9.71 Å². The van der Waals surface area contributed by atoms with Gasteiger partial charge in [-0.3, -0.25) is 0 Å². The van der Waals surface area contributed by atoms with Gasteiger partial charge in [0.1, 0.15) is 10.6 Å². The van der Waals surface area contributed by atoms with E-state index < -0.39 is 27.6 Å². The van der Waals surface area contributed by atoms with Crippen molar-refractivity contribution in [1.82, 2.24) is 9.71 Å². The lowest BCUT2D eigenvalue weighted by Gasteiger charge is -2.30. The molecule has 0 aliphatic rings. The Kier molecular flexibility index (Phi) is 7.34. The van der Waals surface area contributed by atoms with Crippen molar-refractivity contribution in [2.75, 3.05) is 7.11 Å². The molecule has 4 rings (SSSR count). The Morgan fingerprint density at radius 2 is 1.78 bits per heavy atom. The third-order valence-corrected chi connectivity index (χ3v) is 8.04. The molecule has 3 aromatic carbocycles. The maximum atomic E-state index is 13.6. The van der Waals surface area contributed by atoms with Crippen LogP contribution in [0.3, 0.4) is 0 Å². The monoisotopic (exact) mass is 542 g/mol. The minimum absolute atomic E-state index is 0.0316. The van der Waals surface area contributed by atoms with Crippen LogP contribution in [-0.2, 0) is 16.4 Å². The molecule has 0 amide bonds. The smallest absolute Gasteiger partial charge is 0.337 e. The van der Waals surface area contributed by atoms with Gasteiger partial charge in [0, 0.05) is 17.1 Å². The molecule has 0 aliphatic carbocycles. The van der Waals surface area contributed by atoms with Gasteiger partial charge in [0.05, 0.1) is 29.3 Å². The molecule has 0 unspecified atom stereocenters. The van der Waals surface area contributed by atoms with Crippen LogP contribution in [0.1, 0.15) is 29.8 Å². The number of aromatic carboxylic acids is 1. The average Bonchev–Trinajstić information content (AvgIpc) is 3.25. The molecule has 194 valence electrons. The summed E-state index contributed by atoms with van der Waals surface area (Å²) in [5.74, 6) is -1.04. The molecule has 1 atom stereocenters. The quantitative estimate of drug-likeness (QED) is 0.239. The van der Waals surface area contributed by atoms with Crippen LogP contribution >= 0.6 is 11.6 Å². The van der Waals surface area contributed by atoms with Crippen LogP contribution in [-0.4, -0.2) is 48.3 Å². The van der Waals surface area contributed by atoms with Gasteiger partial charge in [-0.25, -0.2) is 17.9 Å². The van der Waals surface area contributed by atoms with Crippen molar-refractivity contribution in [3.05, 3.63) is 83.0 Å². The van der Waals surface area contributed by atoms with E-state index in [-0.39, 0.29) is 27.7 Å². The molecule has 37 heavy (non-hydrogen) atoms. The highest BCUT2D eigenvalue weighted by Gasteiger charge is 2.33. The van der Waals surface area contributed by atoms with Crippen LogP contribution in [0.25, 0.3) is 22.0 Å². The Morgan fingerprint density at radius 3 is 2.43 bits per heavy atom. The number of aliphatic hydroxyl groups is 1. The van der Waals surface area contributed by atoms with Gasteiger partial charge in [-0.05, 0) is 67.3 Å². The molecule has 4 N–H and O–H groups in total. The summed E-state index contributed by atoms with van der Waals surface area (Å²) < 4.78 is 35.3. The fraction of sp³-hybridized carbons (Fsp3) is 0.222. The Labute approximate surface area is 219 Å². The van der Waals surface area contributed by atoms with E-state index in [1.54, 1.807) is 26.0 Å². The number of aromatic amines is 1. The number of fused-ring (bicyclic) bond motifs is 1. The number of aromatic nitrogens is 1. The van der Waals surface area contributed by atoms with E-state index in [0.29, 0.717) is 11.1 Å². The predicted octanol–water partition coefficient (Wildman–Crippen LogP) is 4.86. The molecule has 10 heteroatoms. The maximum absolute atomic E-state index is 13.6. The van der Waals surface area contributed by atoms with Crippen molar-refractivity contribution in [3.63, 3.8) is 0 Å². The van der Waals surface area contributed by atoms with Crippen molar-refractivity contribution in [1.29, 1.82) is 0 Å². The zero-order valence-electron chi connectivity index (χ0n) is 20.4. The highest BCUT2D eigenvalue weighted by atomic mass is 35.5. The molecule has 0 spiro atoms. The number of H-pyrrole nitrogens is 1. The van der Waals surface area contributed by atoms with Crippen LogP contribution in [0.5, 0.6) is 5.75 Å². The maximum Gasteiger partial charge on any atom is 0.337 e. The van der Waals surface area contributed by atoms with Gasteiger partial charge in [0.2, 0.25) is 10.0 Å². The number of carbonyl (C=O) groups is 1. The molecule has 1 aromatic heterocycles. The molecule has 0 fully saturated rings. The number of methoxy groups -OCH3 is 1. The second-order valence-electron chi connectivity index (χ2n) is 9.26. The lowest BCUT2D eigenvalue weighted by Crippen LogP contribution is -2.50. The lowest BCUT2D eigenvalue weighted by atomic mass is 9.93. The molecular weight excluding hydrogens is 516 g/mol. The first kappa shape index (κ1) is 26.7. The van der Waals surface area contributed by atoms with Crippen LogP contribution in [0.4, 0.5) is 0 Å². The van der Waals surface area contributed by atoms with Gasteiger partial charge >= 0.3 is 5.97 Å². The summed E-state index contributed by atoms with van der Waals surface area (Å²) in [5.41, 5.74) is 1.36. The minimum atomic E-state index is -4.18. The summed E-state index contributed by atoms with van der Waals surface area (Å²) >= 11 is 6.12. The van der Waals surface area contributed by atoms with E-state index in [4.69, 9.17) is 16.3 Å². The highest BCUT2D eigenvalue weighted by Crippen LogP contribution is 2.33. The number of carboxylic acids is 1. The summed E-state index contributed by atoms with van der Waals surface area (Å²) in [6.07, 6.45) is 2.05. The average molecular weight is 543 g/mol. The van der Waals surface area contributed by atoms with Crippen molar-refractivity contribution < 1.29 is 28.2 Å². The summed E-state index contributed by atoms with van der Waals surface area (Å²) in [5, 5.41) is 21.1. The molecule has 1 heterocycles. The lowest BCUT2D eigenvalue weighted by molar-refractivity contribution is 0.0461. The van der Waals surface area contributed by atoms with Crippen LogP contribution in [0.2, 0.25) is 5.02 Å². The molecule has 0 saturated carbocycles. The summed E-state index contributed by atoms with van der Waals surface area (Å²) in [6, 6.07) is 15.8. The number of halogens is 1. The van der Waals surface area contributed by atoms with Gasteiger partial charge in [0.15, 0.2) is 0 Å². The number of carboxylic acid groups (broad SMARTS) is 1. The predicted molar refractivity (Wildman–Crippen MR) is 143 cm³/mol. The first-order valence-corrected chi connectivity index (χ1v) is 13.3. The van der Waals surface area contributed by atoms with Crippen molar-refractivity contribution in [2.24, 2.45) is 0 Å². The number of hydrogen-bond acceptors (Lipinski definition) is 5. The first-order valence-electron chi connectivity index (χ1n) is 11.4. The number of para-hydroxylation sites is 1. The molecule has 0 saturated heterocycles. The SMILES string of the molecule is COc1ccc(-c2ccc(C(=O)O)c(Cl)c2)cc1S(=O)(=O)N[C@H](Cc1c[nH]c2ccccc12)C(C)(C)O. The fourth-order valence-electron chi connectivity index (χ4n) is 4.14. The molecule has 8 nitrogen and oxygen atoms in total. The Hall–Kier alpha value is -3.37. The largest absolute Gasteiger partial charge is 0.495 e. The van der Waals surface area contributed by atoms with Crippen LogP contribution in [0.15, 0.2) is 71.8 Å². The Balaban J connectivity index is 1.71. The molecular formula is C27H27ClN2O6S. The van der Waals surface area contributed by atoms with Crippen LogP contribution in [0, 0.1) is 0 Å². The Morgan fingerprint density at radius 1 is 1.11 bits per heavy atom. The number of nitrogens with one attached hydrogen (secondary N) is 2. The van der Waals surface area contributed by atoms with E-state index in [9.17, 15) is 23.4 Å². The van der Waals surface area contributed by atoms with Gasteiger partial charge in [-0.15, -0.1) is 0 Å².